The number of aryl methyl sites for hydroxylation is 1. The molecule has 0 aromatic carbocycles. The molecule has 130 valence electrons. The Hall–Kier alpha value is -1.63. The molecule has 1 heterocycles. The molecule has 0 radical (unpaired) electrons. The summed E-state index contributed by atoms with van der Waals surface area (Å²) in [6.45, 7) is 9.57. The molecule has 0 spiro atoms. The lowest BCUT2D eigenvalue weighted by atomic mass is 9.58. The van der Waals surface area contributed by atoms with Crippen LogP contribution in [0, 0.1) is 12.3 Å². The summed E-state index contributed by atoms with van der Waals surface area (Å²) < 4.78 is 10.9. The number of rotatable bonds is 7. The predicted octanol–water partition coefficient (Wildman–Crippen LogP) is 2.03. The van der Waals surface area contributed by atoms with Gasteiger partial charge in [-0.1, -0.05) is 19.0 Å². The molecule has 23 heavy (non-hydrogen) atoms. The molecule has 0 aliphatic heterocycles. The molecule has 2 N–H and O–H groups in total. The summed E-state index contributed by atoms with van der Waals surface area (Å²) in [6, 6.07) is 0.368. The molecule has 1 aromatic rings. The third-order valence-electron chi connectivity index (χ3n) is 4.99. The summed E-state index contributed by atoms with van der Waals surface area (Å²) in [7, 11) is 1.77. The van der Waals surface area contributed by atoms with Crippen LogP contribution in [0.5, 0.6) is 0 Å². The second kappa shape index (κ2) is 7.77. The fourth-order valence-corrected chi connectivity index (χ4v) is 3.52. The minimum Gasteiger partial charge on any atom is -0.378 e. The van der Waals surface area contributed by atoms with E-state index in [1.807, 2.05) is 0 Å². The predicted molar refractivity (Wildman–Crippen MR) is 89.2 cm³/mol. The second-order valence-corrected chi connectivity index (χ2v) is 5.97. The maximum absolute atomic E-state index is 5.92. The average molecular weight is 323 g/mol. The first-order chi connectivity index (χ1) is 11.1. The van der Waals surface area contributed by atoms with Crippen molar-refractivity contribution in [2.75, 3.05) is 13.7 Å². The van der Waals surface area contributed by atoms with E-state index < -0.39 is 0 Å². The number of nitrogens with one attached hydrogen (secondary N) is 2. The van der Waals surface area contributed by atoms with Gasteiger partial charge in [-0.3, -0.25) is 4.99 Å². The highest BCUT2D eigenvalue weighted by Crippen LogP contribution is 2.48. The average Bonchev–Trinajstić information content (AvgIpc) is 2.96. The largest absolute Gasteiger partial charge is 0.378 e. The van der Waals surface area contributed by atoms with Crippen LogP contribution in [0.2, 0.25) is 0 Å². The Morgan fingerprint density at radius 2 is 2.13 bits per heavy atom. The van der Waals surface area contributed by atoms with Crippen molar-refractivity contribution in [3.8, 4) is 0 Å². The molecule has 0 amide bonds. The van der Waals surface area contributed by atoms with E-state index in [1.165, 1.54) is 0 Å². The van der Waals surface area contributed by atoms with E-state index in [9.17, 15) is 0 Å². The van der Waals surface area contributed by atoms with Crippen molar-refractivity contribution in [1.29, 1.82) is 0 Å². The van der Waals surface area contributed by atoms with Gasteiger partial charge in [0.25, 0.3) is 0 Å². The van der Waals surface area contributed by atoms with Gasteiger partial charge in [0.15, 0.2) is 11.8 Å². The molecule has 1 aliphatic carbocycles. The first kappa shape index (κ1) is 17.7. The lowest BCUT2D eigenvalue weighted by Gasteiger charge is -2.55. The number of nitrogens with zero attached hydrogens (tertiary/aromatic N) is 3. The van der Waals surface area contributed by atoms with Crippen molar-refractivity contribution in [2.24, 2.45) is 10.4 Å². The normalized spacial score (nSPS) is 23.4. The Labute approximate surface area is 138 Å². The molecule has 7 nitrogen and oxygen atoms in total. The van der Waals surface area contributed by atoms with Gasteiger partial charge in [0.1, 0.15) is 0 Å². The maximum Gasteiger partial charge on any atom is 0.223 e. The van der Waals surface area contributed by atoms with Crippen molar-refractivity contribution in [1.82, 2.24) is 20.8 Å². The number of aromatic nitrogens is 2. The molecule has 2 atom stereocenters. The van der Waals surface area contributed by atoms with Crippen molar-refractivity contribution >= 4 is 5.96 Å². The van der Waals surface area contributed by atoms with Gasteiger partial charge in [-0.25, -0.2) is 0 Å². The minimum atomic E-state index is 0.177. The first-order valence-corrected chi connectivity index (χ1v) is 8.47. The molecule has 0 saturated heterocycles. The molecule has 0 bridgehead atoms. The van der Waals surface area contributed by atoms with Crippen LogP contribution in [0.15, 0.2) is 9.52 Å². The number of hydrogen-bond donors (Lipinski definition) is 2. The zero-order chi connectivity index (χ0) is 16.9. The van der Waals surface area contributed by atoms with Gasteiger partial charge in [-0.2, -0.15) is 4.98 Å². The topological polar surface area (TPSA) is 84.6 Å². The number of guanidine groups is 1. The van der Waals surface area contributed by atoms with Crippen LogP contribution in [0.1, 0.15) is 51.7 Å². The lowest BCUT2D eigenvalue weighted by Crippen LogP contribution is -2.65. The zero-order valence-electron chi connectivity index (χ0n) is 14.8. The van der Waals surface area contributed by atoms with E-state index in [0.29, 0.717) is 30.4 Å². The van der Waals surface area contributed by atoms with Crippen molar-refractivity contribution < 1.29 is 9.26 Å². The summed E-state index contributed by atoms with van der Waals surface area (Å²) in [4.78, 5) is 8.49. The van der Waals surface area contributed by atoms with Gasteiger partial charge in [0, 0.05) is 32.0 Å². The standard InChI is InChI=1S/C16H29N5O2/c1-6-16(7-2)12(9-13(16)22-8-3)20-15(17-5)18-10-14-19-11(4)23-21-14/h12-13H,6-10H2,1-5H3,(H2,17,18,20). The summed E-state index contributed by atoms with van der Waals surface area (Å²) in [5.74, 6) is 1.96. The van der Waals surface area contributed by atoms with Gasteiger partial charge in [0.2, 0.25) is 5.89 Å². The van der Waals surface area contributed by atoms with Crippen molar-refractivity contribution in [3.05, 3.63) is 11.7 Å². The Balaban J connectivity index is 1.93. The third-order valence-corrected chi connectivity index (χ3v) is 4.99. The SMILES string of the molecule is CCOC1CC(NC(=NC)NCc2noc(C)n2)C1(CC)CC. The van der Waals surface area contributed by atoms with E-state index in [1.54, 1.807) is 14.0 Å². The highest BCUT2D eigenvalue weighted by Gasteiger charge is 2.53. The zero-order valence-corrected chi connectivity index (χ0v) is 14.8. The summed E-state index contributed by atoms with van der Waals surface area (Å²) in [5.41, 5.74) is 0.177. The van der Waals surface area contributed by atoms with Gasteiger partial charge < -0.3 is 19.9 Å². The van der Waals surface area contributed by atoms with Crippen LogP contribution in [0.3, 0.4) is 0 Å². The van der Waals surface area contributed by atoms with E-state index in [0.717, 1.165) is 31.8 Å². The fourth-order valence-electron chi connectivity index (χ4n) is 3.52. The lowest BCUT2D eigenvalue weighted by molar-refractivity contribution is -0.133. The number of ether oxygens (including phenoxy) is 1. The molecule has 1 aliphatic rings. The van der Waals surface area contributed by atoms with Crippen molar-refractivity contribution in [3.63, 3.8) is 0 Å². The quantitative estimate of drug-likeness (QED) is 0.590. The van der Waals surface area contributed by atoms with Crippen LogP contribution >= 0.6 is 0 Å². The Morgan fingerprint density at radius 3 is 2.65 bits per heavy atom. The van der Waals surface area contributed by atoms with E-state index >= 15 is 0 Å². The Morgan fingerprint density at radius 1 is 1.39 bits per heavy atom. The van der Waals surface area contributed by atoms with Gasteiger partial charge in [0.05, 0.1) is 12.6 Å². The molecule has 7 heteroatoms. The minimum absolute atomic E-state index is 0.177. The first-order valence-electron chi connectivity index (χ1n) is 8.47. The fraction of sp³-hybridized carbons (Fsp3) is 0.812. The van der Waals surface area contributed by atoms with Crippen LogP contribution in [0.4, 0.5) is 0 Å². The number of hydrogen-bond acceptors (Lipinski definition) is 5. The smallest absolute Gasteiger partial charge is 0.223 e. The molecular formula is C16H29N5O2. The second-order valence-electron chi connectivity index (χ2n) is 5.97. The molecule has 2 unspecified atom stereocenters. The highest BCUT2D eigenvalue weighted by atomic mass is 16.5. The van der Waals surface area contributed by atoms with E-state index in [4.69, 9.17) is 9.26 Å². The van der Waals surface area contributed by atoms with E-state index in [2.05, 4.69) is 46.5 Å². The summed E-state index contributed by atoms with van der Waals surface area (Å²) in [6.07, 6.45) is 3.52. The maximum atomic E-state index is 5.92. The Kier molecular flexibility index (Phi) is 5.98. The highest BCUT2D eigenvalue weighted by molar-refractivity contribution is 5.80. The molecule has 1 fully saturated rings. The van der Waals surface area contributed by atoms with E-state index in [-0.39, 0.29) is 5.41 Å². The van der Waals surface area contributed by atoms with Gasteiger partial charge >= 0.3 is 0 Å². The van der Waals surface area contributed by atoms with Crippen LogP contribution in [0.25, 0.3) is 0 Å². The molecule has 2 rings (SSSR count). The summed E-state index contributed by atoms with van der Waals surface area (Å²) in [5, 5.41) is 10.7. The molecular weight excluding hydrogens is 294 g/mol. The van der Waals surface area contributed by atoms with Crippen molar-refractivity contribution in [2.45, 2.75) is 65.6 Å². The number of aliphatic imine (C=N–C) groups is 1. The monoisotopic (exact) mass is 323 g/mol. The summed E-state index contributed by atoms with van der Waals surface area (Å²) >= 11 is 0. The Bertz CT molecular complexity index is 524. The molecule has 1 aromatic heterocycles. The van der Waals surface area contributed by atoms with Gasteiger partial charge in [-0.15, -0.1) is 0 Å². The van der Waals surface area contributed by atoms with Gasteiger partial charge in [-0.05, 0) is 26.2 Å². The third kappa shape index (κ3) is 3.65. The van der Waals surface area contributed by atoms with Crippen LogP contribution < -0.4 is 10.6 Å². The molecule has 1 saturated carbocycles. The van der Waals surface area contributed by atoms with Crippen LogP contribution in [-0.2, 0) is 11.3 Å². The van der Waals surface area contributed by atoms with Crippen LogP contribution in [-0.4, -0.2) is 41.9 Å².